The van der Waals surface area contributed by atoms with E-state index in [1.165, 1.54) is 12.2 Å². The van der Waals surface area contributed by atoms with Crippen LogP contribution in [0.3, 0.4) is 0 Å². The molecule has 3 N–H and O–H groups in total. The van der Waals surface area contributed by atoms with Gasteiger partial charge >= 0.3 is 15.6 Å². The first-order valence-corrected chi connectivity index (χ1v) is 19.7. The second-order valence-electron chi connectivity index (χ2n) is 14.8. The zero-order valence-electron chi connectivity index (χ0n) is 27.5. The number of hydrogen-bond acceptors (Lipinski definition) is 8. The number of carbonyl (C=O) groups excluding carboxylic acids is 2. The molecular weight excluding hydrogens is 673 g/mol. The van der Waals surface area contributed by atoms with Crippen molar-refractivity contribution in [3.8, 4) is 11.1 Å². The van der Waals surface area contributed by atoms with Gasteiger partial charge in [0, 0.05) is 23.2 Å². The van der Waals surface area contributed by atoms with Gasteiger partial charge in [0.2, 0.25) is 0 Å². The van der Waals surface area contributed by atoms with E-state index < -0.39 is 68.4 Å². The van der Waals surface area contributed by atoms with Gasteiger partial charge < -0.3 is 14.9 Å². The first-order chi connectivity index (χ1) is 23.0. The summed E-state index contributed by atoms with van der Waals surface area (Å²) in [6.45, 7) is 4.22. The fraction of sp³-hybridized carbons (Fsp3) is 0.500. The van der Waals surface area contributed by atoms with Gasteiger partial charge in [-0.2, -0.15) is 4.31 Å². The number of benzene rings is 2. The molecule has 0 saturated heterocycles. The average Bonchev–Trinajstić information content (AvgIpc) is 3.49. The van der Waals surface area contributed by atoms with Crippen molar-refractivity contribution in [2.75, 3.05) is 13.2 Å². The Morgan fingerprint density at radius 3 is 2.24 bits per heavy atom. The molecule has 2 aromatic rings. The number of rotatable bonds is 9. The van der Waals surface area contributed by atoms with E-state index in [9.17, 15) is 33.6 Å². The van der Waals surface area contributed by atoms with Crippen molar-refractivity contribution in [2.45, 2.75) is 64.1 Å². The highest BCUT2D eigenvalue weighted by atomic mass is 31.3. The molecule has 0 spiro atoms. The third-order valence-electron chi connectivity index (χ3n) is 12.3. The number of ketones is 2. The van der Waals surface area contributed by atoms with Crippen LogP contribution in [0, 0.1) is 34.5 Å². The van der Waals surface area contributed by atoms with Crippen molar-refractivity contribution in [3.63, 3.8) is 0 Å². The summed E-state index contributed by atoms with van der Waals surface area (Å²) < 4.78 is 57.9. The van der Waals surface area contributed by atoms with Crippen molar-refractivity contribution in [2.24, 2.45) is 34.5 Å². The number of phosphoric acid groups is 2. The Hall–Kier alpha value is -2.59. The summed E-state index contributed by atoms with van der Waals surface area (Å²) in [7, 11) is -10.4. The van der Waals surface area contributed by atoms with Gasteiger partial charge in [-0.05, 0) is 84.3 Å². The van der Waals surface area contributed by atoms with E-state index >= 15 is 4.39 Å². The van der Waals surface area contributed by atoms with E-state index in [4.69, 9.17) is 9.05 Å². The van der Waals surface area contributed by atoms with Crippen LogP contribution in [-0.4, -0.2) is 51.4 Å². The Labute approximate surface area is 284 Å². The van der Waals surface area contributed by atoms with Crippen LogP contribution in [0.15, 0.2) is 72.3 Å². The lowest BCUT2D eigenvalue weighted by molar-refractivity contribution is -0.195. The maximum Gasteiger partial charge on any atom is 0.481 e. The van der Waals surface area contributed by atoms with E-state index in [0.29, 0.717) is 24.8 Å². The van der Waals surface area contributed by atoms with E-state index in [0.717, 1.165) is 22.3 Å². The maximum atomic E-state index is 17.4. The minimum absolute atomic E-state index is 0.0313. The van der Waals surface area contributed by atoms with Crippen LogP contribution in [0.5, 0.6) is 0 Å². The summed E-state index contributed by atoms with van der Waals surface area (Å²) in [5, 5.41) is 11.5. The third-order valence-corrected chi connectivity index (χ3v) is 14.9. The molecule has 0 amide bonds. The Bertz CT molecular complexity index is 1830. The molecule has 5 aliphatic rings. The molecule has 2 aromatic carbocycles. The fourth-order valence-corrected chi connectivity index (χ4v) is 12.3. The highest BCUT2D eigenvalue weighted by molar-refractivity contribution is 7.61. The molecule has 3 fully saturated rings. The molecule has 10 atom stereocenters. The van der Waals surface area contributed by atoms with Gasteiger partial charge in [0.15, 0.2) is 17.2 Å². The number of halogens is 1. The van der Waals surface area contributed by atoms with Gasteiger partial charge in [0.25, 0.3) is 0 Å². The first kappa shape index (κ1) is 34.8. The average molecular weight is 715 g/mol. The zero-order valence-corrected chi connectivity index (χ0v) is 29.3. The normalized spacial score (nSPS) is 37.2. The van der Waals surface area contributed by atoms with E-state index in [1.54, 1.807) is 13.0 Å². The molecule has 0 bridgehead atoms. The molecule has 49 heavy (non-hydrogen) atoms. The highest BCUT2D eigenvalue weighted by Gasteiger charge is 2.71. The molecule has 7 rings (SSSR count). The second kappa shape index (κ2) is 12.0. The van der Waals surface area contributed by atoms with Crippen molar-refractivity contribution in [1.29, 1.82) is 0 Å². The zero-order chi connectivity index (χ0) is 35.1. The van der Waals surface area contributed by atoms with Crippen molar-refractivity contribution in [3.05, 3.63) is 83.5 Å². The van der Waals surface area contributed by atoms with Gasteiger partial charge in [-0.15, -0.1) is 0 Å². The van der Waals surface area contributed by atoms with Crippen LogP contribution >= 0.6 is 15.6 Å². The molecule has 13 heteroatoms. The third kappa shape index (κ3) is 5.53. The topological polar surface area (TPSA) is 157 Å². The van der Waals surface area contributed by atoms with Crippen LogP contribution in [0.2, 0.25) is 0 Å². The molecule has 10 unspecified atom stereocenters. The van der Waals surface area contributed by atoms with Crippen molar-refractivity contribution < 1.29 is 51.4 Å². The number of fused-ring (bicyclic) bond motifs is 8. The lowest BCUT2D eigenvalue weighted by Gasteiger charge is -2.62. The molecule has 3 saturated carbocycles. The summed E-state index contributed by atoms with van der Waals surface area (Å²) in [4.78, 5) is 46.7. The van der Waals surface area contributed by atoms with Gasteiger partial charge in [0.05, 0.1) is 12.7 Å². The summed E-state index contributed by atoms with van der Waals surface area (Å²) in [6, 6.07) is 15.1. The number of aliphatic hydroxyl groups is 1. The van der Waals surface area contributed by atoms with Crippen molar-refractivity contribution in [1.82, 2.24) is 0 Å². The smallest absolute Gasteiger partial charge is 0.390 e. The lowest BCUT2D eigenvalue weighted by Crippen LogP contribution is -2.66. The second-order valence-corrected chi connectivity index (χ2v) is 17.9. The summed E-state index contributed by atoms with van der Waals surface area (Å²) in [5.74, 6) is -3.07. The maximum absolute atomic E-state index is 17.4. The predicted octanol–water partition coefficient (Wildman–Crippen LogP) is 6.85. The number of carbonyl (C=O) groups is 2. The van der Waals surface area contributed by atoms with Crippen LogP contribution < -0.4 is 0 Å². The SMILES string of the molecule is CC1CC2C3CCC4=CC(=O)C=CC4(C)C3(F)C(O)CC2(C)C1C(=O)COP(=O)(O)OP(=O)(O)OCC1c2ccccc2-c2ccccc21. The molecule has 262 valence electrons. The number of aliphatic hydroxyl groups excluding tert-OH is 1. The minimum Gasteiger partial charge on any atom is -0.390 e. The highest BCUT2D eigenvalue weighted by Crippen LogP contribution is 2.70. The number of phosphoric ester groups is 2. The predicted molar refractivity (Wildman–Crippen MR) is 178 cm³/mol. The van der Waals surface area contributed by atoms with E-state index in [1.807, 2.05) is 62.4 Å². The van der Waals surface area contributed by atoms with Gasteiger partial charge in [-0.1, -0.05) is 74.0 Å². The van der Waals surface area contributed by atoms with Gasteiger partial charge in [0.1, 0.15) is 6.61 Å². The number of alkyl halides is 1. The van der Waals surface area contributed by atoms with Crippen LogP contribution in [0.4, 0.5) is 4.39 Å². The Morgan fingerprint density at radius 2 is 1.59 bits per heavy atom. The van der Waals surface area contributed by atoms with Crippen LogP contribution in [0.1, 0.15) is 63.5 Å². The van der Waals surface area contributed by atoms with Crippen molar-refractivity contribution >= 4 is 27.2 Å². The van der Waals surface area contributed by atoms with Gasteiger partial charge in [-0.3, -0.25) is 18.6 Å². The van der Waals surface area contributed by atoms with Gasteiger partial charge in [-0.25, -0.2) is 13.5 Å². The van der Waals surface area contributed by atoms with E-state index in [-0.39, 0.29) is 30.6 Å². The van der Waals surface area contributed by atoms with Crippen LogP contribution in [0.25, 0.3) is 11.1 Å². The standard InChI is InChI=1S/C36H41FO10P2/c1-21-16-30-29-13-12-22-17-23(38)14-15-35(22,3)36(29,37)32(40)18-34(30,2)33(21)31(39)20-46-49(43,44)47-48(41,42)45-19-28-26-10-6-4-8-24(26)25-9-5-7-11-27(25)28/h4-11,14-15,17,21,28-30,32-33,40H,12-13,16,18-20H2,1-3H3,(H,41,42)(H,43,44). The molecular formula is C36H41FO10P2. The summed E-state index contributed by atoms with van der Waals surface area (Å²) >= 11 is 0. The number of Topliss-reactive ketones (excluding diaryl/α,β-unsaturated/α-hetero) is 1. The molecule has 0 aliphatic heterocycles. The molecule has 5 aliphatic carbocycles. The Morgan fingerprint density at radius 1 is 0.980 bits per heavy atom. The number of allylic oxidation sites excluding steroid dienone is 4. The summed E-state index contributed by atoms with van der Waals surface area (Å²) in [5.41, 5.74) is 0.254. The Balaban J connectivity index is 1.02. The molecule has 0 radical (unpaired) electrons. The lowest BCUT2D eigenvalue weighted by atomic mass is 9.45. The monoisotopic (exact) mass is 714 g/mol. The first-order valence-electron chi connectivity index (χ1n) is 16.7. The Kier molecular flexibility index (Phi) is 8.53. The van der Waals surface area contributed by atoms with E-state index in [2.05, 4.69) is 4.31 Å². The number of hydrogen-bond donors (Lipinski definition) is 3. The summed E-state index contributed by atoms with van der Waals surface area (Å²) in [6.07, 6.45) is 4.33. The largest absolute Gasteiger partial charge is 0.481 e. The minimum atomic E-state index is -5.27. The molecule has 10 nitrogen and oxygen atoms in total. The molecule has 0 aromatic heterocycles. The fourth-order valence-electron chi connectivity index (χ4n) is 10.3. The quantitative estimate of drug-likeness (QED) is 0.235. The molecule has 0 heterocycles. The van der Waals surface area contributed by atoms with Crippen LogP contribution in [-0.2, 0) is 32.1 Å².